The lowest BCUT2D eigenvalue weighted by Crippen LogP contribution is -2.25. The average molecular weight is 427 g/mol. The number of aliphatic hydroxyl groups is 1. The van der Waals surface area contributed by atoms with Gasteiger partial charge in [0.2, 0.25) is 0 Å². The fourth-order valence-electron chi connectivity index (χ4n) is 5.15. The van der Waals surface area contributed by atoms with Crippen LogP contribution in [0.3, 0.4) is 0 Å². The van der Waals surface area contributed by atoms with Crippen molar-refractivity contribution in [3.8, 4) is 11.1 Å². The van der Waals surface area contributed by atoms with Crippen molar-refractivity contribution in [2.24, 2.45) is 17.8 Å². The highest BCUT2D eigenvalue weighted by atomic mass is 35.5. The van der Waals surface area contributed by atoms with E-state index >= 15 is 0 Å². The lowest BCUT2D eigenvalue weighted by molar-refractivity contribution is -0.118. The minimum Gasteiger partial charge on any atom is -0.512 e. The monoisotopic (exact) mass is 426 g/mol. The molecule has 2 nitrogen and oxygen atoms in total. The van der Waals surface area contributed by atoms with E-state index < -0.39 is 5.82 Å². The first-order valence-electron chi connectivity index (χ1n) is 10.9. The van der Waals surface area contributed by atoms with Crippen LogP contribution in [0.25, 0.3) is 16.7 Å². The fraction of sp³-hybridized carbons (Fsp3) is 0.423. The molecule has 0 heterocycles. The predicted molar refractivity (Wildman–Crippen MR) is 120 cm³/mol. The number of hydrogen-bond acceptors (Lipinski definition) is 2. The first-order chi connectivity index (χ1) is 14.4. The molecule has 3 aliphatic carbocycles. The molecule has 1 N–H and O–H groups in total. The van der Waals surface area contributed by atoms with Crippen molar-refractivity contribution in [1.82, 2.24) is 0 Å². The standard InChI is InChI=1S/C26H28ClFO2/c1-3-17-8-9-19(21-11-10-20(27)14-23(21)28)13-22(17)25-24(29)12-16-4-6-18(7-5-16)15(2)26(25)30/h8-11,13-16,18,29H,3-7,12H2,1-2H3/b25-24+/t15-,16-,18+/m0/s1. The Kier molecular flexibility index (Phi) is 6.02. The molecule has 2 aromatic rings. The van der Waals surface area contributed by atoms with Crippen LogP contribution in [0.2, 0.25) is 5.02 Å². The average Bonchev–Trinajstić information content (AvgIpc) is 2.80. The maximum absolute atomic E-state index is 14.6. The highest BCUT2D eigenvalue weighted by Crippen LogP contribution is 2.42. The number of hydrogen-bond donors (Lipinski definition) is 1. The number of fused-ring (bicyclic) bond motifs is 5. The summed E-state index contributed by atoms with van der Waals surface area (Å²) in [7, 11) is 0. The zero-order valence-electron chi connectivity index (χ0n) is 17.6. The van der Waals surface area contributed by atoms with Gasteiger partial charge in [-0.3, -0.25) is 4.79 Å². The van der Waals surface area contributed by atoms with Gasteiger partial charge in [0, 0.05) is 22.9 Å². The van der Waals surface area contributed by atoms with Gasteiger partial charge in [-0.15, -0.1) is 0 Å². The number of aliphatic hydroxyl groups excluding tert-OH is 1. The summed E-state index contributed by atoms with van der Waals surface area (Å²) >= 11 is 5.92. The van der Waals surface area contributed by atoms with Crippen LogP contribution in [-0.4, -0.2) is 10.9 Å². The van der Waals surface area contributed by atoms with E-state index in [0.717, 1.165) is 43.2 Å². The second-order valence-corrected chi connectivity index (χ2v) is 9.25. The number of carbonyl (C=O) groups is 1. The number of rotatable bonds is 3. The molecule has 0 aromatic heterocycles. The number of benzene rings is 2. The Bertz CT molecular complexity index is 1000. The van der Waals surface area contributed by atoms with Gasteiger partial charge in [-0.25, -0.2) is 4.39 Å². The Morgan fingerprint density at radius 1 is 1.07 bits per heavy atom. The quantitative estimate of drug-likeness (QED) is 0.555. The van der Waals surface area contributed by atoms with Crippen LogP contribution in [0.4, 0.5) is 4.39 Å². The molecule has 1 fully saturated rings. The van der Waals surface area contributed by atoms with Crippen LogP contribution < -0.4 is 0 Å². The van der Waals surface area contributed by atoms with Gasteiger partial charge in [0.15, 0.2) is 5.78 Å². The summed E-state index contributed by atoms with van der Waals surface area (Å²) in [6.45, 7) is 4.03. The molecular formula is C26H28ClFO2. The van der Waals surface area contributed by atoms with Gasteiger partial charge in [-0.2, -0.15) is 0 Å². The highest BCUT2D eigenvalue weighted by molar-refractivity contribution is 6.30. The Hall–Kier alpha value is -2.13. The molecule has 2 bridgehead atoms. The molecule has 1 atom stereocenters. The molecule has 158 valence electrons. The smallest absolute Gasteiger partial charge is 0.169 e. The van der Waals surface area contributed by atoms with Crippen molar-refractivity contribution in [2.45, 2.75) is 52.4 Å². The van der Waals surface area contributed by atoms with E-state index in [1.54, 1.807) is 12.1 Å². The highest BCUT2D eigenvalue weighted by Gasteiger charge is 2.35. The Morgan fingerprint density at radius 2 is 1.80 bits per heavy atom. The summed E-state index contributed by atoms with van der Waals surface area (Å²) in [5.74, 6) is 0.490. The SMILES string of the molecule is CCc1ccc(-c2ccc(Cl)cc2F)cc1/C1=C(\O)C[C@H]2CC[C@H](CC2)[C@H](C)C1=O. The summed E-state index contributed by atoms with van der Waals surface area (Å²) in [6.07, 6.45) is 5.50. The van der Waals surface area contributed by atoms with Crippen LogP contribution in [0.15, 0.2) is 42.2 Å². The summed E-state index contributed by atoms with van der Waals surface area (Å²) in [4.78, 5) is 13.6. The lowest BCUT2D eigenvalue weighted by Gasteiger charge is -2.29. The van der Waals surface area contributed by atoms with Crippen molar-refractivity contribution in [1.29, 1.82) is 0 Å². The third kappa shape index (κ3) is 3.92. The number of ketones is 1. The normalized spacial score (nSPS) is 26.9. The molecular weight excluding hydrogens is 399 g/mol. The van der Waals surface area contributed by atoms with Crippen molar-refractivity contribution in [2.75, 3.05) is 0 Å². The molecule has 0 radical (unpaired) electrons. The summed E-state index contributed by atoms with van der Waals surface area (Å²) < 4.78 is 14.6. The third-order valence-corrected chi connectivity index (χ3v) is 7.27. The molecule has 0 unspecified atom stereocenters. The molecule has 0 amide bonds. The van der Waals surface area contributed by atoms with Gasteiger partial charge >= 0.3 is 0 Å². The first-order valence-corrected chi connectivity index (χ1v) is 11.3. The number of allylic oxidation sites excluding steroid dienone is 2. The molecule has 5 rings (SSSR count). The van der Waals surface area contributed by atoms with Gasteiger partial charge in [-0.1, -0.05) is 37.6 Å². The fourth-order valence-corrected chi connectivity index (χ4v) is 5.31. The zero-order chi connectivity index (χ0) is 21.4. The maximum atomic E-state index is 14.6. The topological polar surface area (TPSA) is 37.3 Å². The minimum atomic E-state index is -0.400. The van der Waals surface area contributed by atoms with Gasteiger partial charge in [-0.05, 0) is 84.9 Å². The van der Waals surface area contributed by atoms with E-state index in [1.807, 2.05) is 32.0 Å². The van der Waals surface area contributed by atoms with E-state index in [0.29, 0.717) is 40.0 Å². The van der Waals surface area contributed by atoms with Crippen molar-refractivity contribution in [3.05, 3.63) is 64.1 Å². The second-order valence-electron chi connectivity index (χ2n) is 8.81. The minimum absolute atomic E-state index is 0.0171. The van der Waals surface area contributed by atoms with Crippen molar-refractivity contribution < 1.29 is 14.3 Å². The van der Waals surface area contributed by atoms with E-state index in [2.05, 4.69) is 0 Å². The van der Waals surface area contributed by atoms with E-state index in [-0.39, 0.29) is 17.5 Å². The molecule has 30 heavy (non-hydrogen) atoms. The Labute approximate surface area is 182 Å². The van der Waals surface area contributed by atoms with Crippen LogP contribution in [-0.2, 0) is 11.2 Å². The number of halogens is 2. The van der Waals surface area contributed by atoms with Crippen LogP contribution in [0.1, 0.15) is 57.1 Å². The molecule has 0 spiro atoms. The van der Waals surface area contributed by atoms with Crippen LogP contribution in [0.5, 0.6) is 0 Å². The molecule has 2 aromatic carbocycles. The summed E-state index contributed by atoms with van der Waals surface area (Å²) in [5, 5.41) is 11.4. The van der Waals surface area contributed by atoms with Gasteiger partial charge in [0.05, 0.1) is 5.57 Å². The molecule has 4 heteroatoms. The molecule has 1 saturated carbocycles. The largest absolute Gasteiger partial charge is 0.512 e. The second kappa shape index (κ2) is 8.55. The Morgan fingerprint density at radius 3 is 2.47 bits per heavy atom. The van der Waals surface area contributed by atoms with Gasteiger partial charge in [0.25, 0.3) is 0 Å². The number of Topliss-reactive ketones (excluding diaryl/α,β-unsaturated/α-hetero) is 1. The van der Waals surface area contributed by atoms with E-state index in [4.69, 9.17) is 11.6 Å². The Balaban J connectivity index is 1.87. The van der Waals surface area contributed by atoms with E-state index in [1.165, 1.54) is 6.07 Å². The maximum Gasteiger partial charge on any atom is 0.169 e. The number of carbonyl (C=O) groups excluding carboxylic acids is 1. The van der Waals surface area contributed by atoms with Crippen LogP contribution in [0, 0.1) is 23.6 Å². The third-order valence-electron chi connectivity index (χ3n) is 7.03. The first kappa shape index (κ1) is 21.1. The summed E-state index contributed by atoms with van der Waals surface area (Å²) in [5.41, 5.74) is 3.28. The molecule has 0 saturated heterocycles. The predicted octanol–water partition coefficient (Wildman–Crippen LogP) is 7.39. The van der Waals surface area contributed by atoms with Crippen molar-refractivity contribution >= 4 is 23.0 Å². The van der Waals surface area contributed by atoms with Crippen LogP contribution >= 0.6 is 11.6 Å². The number of aryl methyl sites for hydroxylation is 1. The van der Waals surface area contributed by atoms with Gasteiger partial charge < -0.3 is 5.11 Å². The summed E-state index contributed by atoms with van der Waals surface area (Å²) in [6, 6.07) is 10.3. The van der Waals surface area contributed by atoms with Gasteiger partial charge in [0.1, 0.15) is 11.6 Å². The zero-order valence-corrected chi connectivity index (χ0v) is 18.3. The molecule has 3 aliphatic rings. The molecule has 0 aliphatic heterocycles. The lowest BCUT2D eigenvalue weighted by atomic mass is 9.74. The van der Waals surface area contributed by atoms with Crippen molar-refractivity contribution in [3.63, 3.8) is 0 Å². The van der Waals surface area contributed by atoms with E-state index in [9.17, 15) is 14.3 Å².